The number of rotatable bonds is 4. The standard InChI is InChI=1S/C62H38N2/c1-3-17-39(18-4-1)43-33-35-55-51(37-43)57-47-27-11-12-28-48(47)58-59(62(57)64(55)54-32-16-24-42-22-8-10-26-46(42)54)49-29-13-14-30-50(49)61-60(58)52-38-44(40-19-5-2-6-20-40)34-36-56(52)63(61)53-31-15-23-41-21-7-9-25-45(41)53/h1-38H. The SMILES string of the molecule is c1ccc(-c2ccc3c(c2)c2c4c5ccccc5c5c6cc(-c7ccccc7)ccc6n(-c6cccc7ccccc67)c5c4c4ccccc4c2n3-c2cccc3ccccc23)cc1. The van der Waals surface area contributed by atoms with E-state index in [0.717, 1.165) is 0 Å². The molecule has 0 saturated heterocycles. The maximum Gasteiger partial charge on any atom is 0.0632 e. The first-order valence-electron chi connectivity index (χ1n) is 22.2. The second kappa shape index (κ2) is 13.5. The van der Waals surface area contributed by atoms with Gasteiger partial charge in [-0.2, -0.15) is 0 Å². The van der Waals surface area contributed by atoms with E-state index in [0.29, 0.717) is 0 Å². The molecule has 0 N–H and O–H groups in total. The average Bonchev–Trinajstić information content (AvgIpc) is 3.89. The van der Waals surface area contributed by atoms with E-state index in [4.69, 9.17) is 0 Å². The van der Waals surface area contributed by atoms with Gasteiger partial charge in [0.05, 0.1) is 33.4 Å². The molecule has 0 unspecified atom stereocenters. The largest absolute Gasteiger partial charge is 0.308 e. The predicted molar refractivity (Wildman–Crippen MR) is 274 cm³/mol. The lowest BCUT2D eigenvalue weighted by Crippen LogP contribution is -1.98. The molecule has 14 aromatic rings. The van der Waals surface area contributed by atoms with Crippen LogP contribution < -0.4 is 0 Å². The first kappa shape index (κ1) is 35.2. The van der Waals surface area contributed by atoms with E-state index < -0.39 is 0 Å². The van der Waals surface area contributed by atoms with Crippen molar-refractivity contribution >= 4 is 97.5 Å². The Morgan fingerprint density at radius 2 is 0.609 bits per heavy atom. The van der Waals surface area contributed by atoms with Gasteiger partial charge in [-0.25, -0.2) is 0 Å². The van der Waals surface area contributed by atoms with Gasteiger partial charge in [0, 0.05) is 48.5 Å². The molecule has 2 nitrogen and oxygen atoms in total. The van der Waals surface area contributed by atoms with E-state index in [1.165, 1.54) is 131 Å². The molecule has 296 valence electrons. The molecule has 0 aliphatic carbocycles. The number of benzene rings is 12. The van der Waals surface area contributed by atoms with Gasteiger partial charge in [0.1, 0.15) is 0 Å². The van der Waals surface area contributed by atoms with Crippen LogP contribution in [0.3, 0.4) is 0 Å². The van der Waals surface area contributed by atoms with Crippen molar-refractivity contribution in [2.45, 2.75) is 0 Å². The molecule has 0 aliphatic heterocycles. The van der Waals surface area contributed by atoms with Crippen LogP contribution in [-0.4, -0.2) is 9.13 Å². The summed E-state index contributed by atoms with van der Waals surface area (Å²) < 4.78 is 5.16. The van der Waals surface area contributed by atoms with Crippen molar-refractivity contribution in [1.29, 1.82) is 0 Å². The number of fused-ring (bicyclic) bond motifs is 17. The molecule has 12 aromatic carbocycles. The molecule has 0 atom stereocenters. The summed E-state index contributed by atoms with van der Waals surface area (Å²) in [4.78, 5) is 0. The smallest absolute Gasteiger partial charge is 0.0632 e. The van der Waals surface area contributed by atoms with Gasteiger partial charge in [-0.15, -0.1) is 0 Å². The Kier molecular flexibility index (Phi) is 7.43. The van der Waals surface area contributed by atoms with Gasteiger partial charge >= 0.3 is 0 Å². The highest BCUT2D eigenvalue weighted by Gasteiger charge is 2.27. The normalized spacial score (nSPS) is 12.1. The lowest BCUT2D eigenvalue weighted by Gasteiger charge is -2.18. The first-order valence-corrected chi connectivity index (χ1v) is 22.2. The van der Waals surface area contributed by atoms with Crippen LogP contribution in [0.4, 0.5) is 0 Å². The number of hydrogen-bond acceptors (Lipinski definition) is 0. The molecular weight excluding hydrogens is 773 g/mol. The van der Waals surface area contributed by atoms with Crippen LogP contribution in [0.1, 0.15) is 0 Å². The summed E-state index contributed by atoms with van der Waals surface area (Å²) in [7, 11) is 0. The van der Waals surface area contributed by atoms with Crippen molar-refractivity contribution in [3.05, 3.63) is 231 Å². The van der Waals surface area contributed by atoms with Crippen LogP contribution in [0, 0.1) is 0 Å². The summed E-state index contributed by atoms with van der Waals surface area (Å²) >= 11 is 0. The maximum atomic E-state index is 2.59. The Labute approximate surface area is 369 Å². The summed E-state index contributed by atoms with van der Waals surface area (Å²) in [5, 5.41) is 17.4. The molecule has 0 radical (unpaired) electrons. The van der Waals surface area contributed by atoms with E-state index in [9.17, 15) is 0 Å². The van der Waals surface area contributed by atoms with Gasteiger partial charge in [0.15, 0.2) is 0 Å². The summed E-state index contributed by atoms with van der Waals surface area (Å²) in [5.41, 5.74) is 12.0. The molecule has 64 heavy (non-hydrogen) atoms. The second-order valence-electron chi connectivity index (χ2n) is 17.2. The Morgan fingerprint density at radius 3 is 1.16 bits per heavy atom. The molecule has 0 aliphatic rings. The van der Waals surface area contributed by atoms with Crippen molar-refractivity contribution in [2.24, 2.45) is 0 Å². The molecule has 2 heteroatoms. The minimum absolute atomic E-state index is 1.18. The molecule has 0 amide bonds. The highest BCUT2D eigenvalue weighted by atomic mass is 15.0. The fourth-order valence-electron chi connectivity index (χ4n) is 11.1. The zero-order chi connectivity index (χ0) is 41.9. The third kappa shape index (κ3) is 4.91. The highest BCUT2D eigenvalue weighted by molar-refractivity contribution is 6.45. The van der Waals surface area contributed by atoms with Gasteiger partial charge in [0.25, 0.3) is 0 Å². The van der Waals surface area contributed by atoms with Crippen molar-refractivity contribution in [3.8, 4) is 33.6 Å². The summed E-state index contributed by atoms with van der Waals surface area (Å²) in [6.07, 6.45) is 0. The van der Waals surface area contributed by atoms with Gasteiger partial charge in [-0.1, -0.05) is 194 Å². The molecule has 0 saturated carbocycles. The molecule has 14 rings (SSSR count). The lowest BCUT2D eigenvalue weighted by atomic mass is 9.89. The Morgan fingerprint density at radius 1 is 0.219 bits per heavy atom. The molecule has 0 fully saturated rings. The summed E-state index contributed by atoms with van der Waals surface area (Å²) in [6.45, 7) is 0. The fourth-order valence-corrected chi connectivity index (χ4v) is 11.1. The van der Waals surface area contributed by atoms with E-state index in [1.807, 2.05) is 0 Å². The van der Waals surface area contributed by atoms with E-state index in [-0.39, 0.29) is 0 Å². The minimum atomic E-state index is 1.18. The Hall–Kier alpha value is -8.46. The monoisotopic (exact) mass is 810 g/mol. The number of hydrogen-bond donors (Lipinski definition) is 0. The van der Waals surface area contributed by atoms with Gasteiger partial charge < -0.3 is 9.13 Å². The lowest BCUT2D eigenvalue weighted by molar-refractivity contribution is 1.20. The van der Waals surface area contributed by atoms with Crippen molar-refractivity contribution in [3.63, 3.8) is 0 Å². The van der Waals surface area contributed by atoms with E-state index in [1.54, 1.807) is 0 Å². The molecule has 2 aromatic heterocycles. The molecule has 2 heterocycles. The Bertz CT molecular complexity index is 4220. The summed E-state index contributed by atoms with van der Waals surface area (Å²) in [5.74, 6) is 0. The quantitative estimate of drug-likeness (QED) is 0.157. The average molecular weight is 811 g/mol. The van der Waals surface area contributed by atoms with Crippen LogP contribution in [0.5, 0.6) is 0 Å². The van der Waals surface area contributed by atoms with E-state index >= 15 is 0 Å². The van der Waals surface area contributed by atoms with Gasteiger partial charge in [-0.3, -0.25) is 0 Å². The van der Waals surface area contributed by atoms with Crippen LogP contribution >= 0.6 is 0 Å². The topological polar surface area (TPSA) is 9.86 Å². The highest BCUT2D eigenvalue weighted by Crippen LogP contribution is 2.51. The molecule has 0 bridgehead atoms. The van der Waals surface area contributed by atoms with Gasteiger partial charge in [-0.05, 0) is 85.6 Å². The Balaban J connectivity index is 1.28. The zero-order valence-electron chi connectivity index (χ0n) is 34.8. The maximum absolute atomic E-state index is 2.59. The number of nitrogens with zero attached hydrogens (tertiary/aromatic N) is 2. The molecule has 0 spiro atoms. The van der Waals surface area contributed by atoms with Crippen LogP contribution in [0.15, 0.2) is 231 Å². The third-order valence-electron chi connectivity index (χ3n) is 13.8. The minimum Gasteiger partial charge on any atom is -0.308 e. The van der Waals surface area contributed by atoms with Crippen LogP contribution in [-0.2, 0) is 0 Å². The zero-order valence-corrected chi connectivity index (χ0v) is 34.8. The van der Waals surface area contributed by atoms with Crippen molar-refractivity contribution in [2.75, 3.05) is 0 Å². The third-order valence-corrected chi connectivity index (χ3v) is 13.8. The number of aromatic nitrogens is 2. The second-order valence-corrected chi connectivity index (χ2v) is 17.2. The fraction of sp³-hybridized carbons (Fsp3) is 0. The van der Waals surface area contributed by atoms with Crippen molar-refractivity contribution < 1.29 is 0 Å². The summed E-state index contributed by atoms with van der Waals surface area (Å²) in [6, 6.07) is 85.4. The van der Waals surface area contributed by atoms with Crippen LogP contribution in [0.2, 0.25) is 0 Å². The molecular formula is C62H38N2. The predicted octanol–water partition coefficient (Wildman–Crippen LogP) is 17.0. The first-order chi connectivity index (χ1) is 31.8. The van der Waals surface area contributed by atoms with Crippen molar-refractivity contribution in [1.82, 2.24) is 9.13 Å². The van der Waals surface area contributed by atoms with E-state index in [2.05, 4.69) is 240 Å². The van der Waals surface area contributed by atoms with Crippen LogP contribution in [0.25, 0.3) is 131 Å². The van der Waals surface area contributed by atoms with Gasteiger partial charge in [0.2, 0.25) is 0 Å².